The molecule has 0 saturated carbocycles. The van der Waals surface area contributed by atoms with Crippen LogP contribution in [-0.4, -0.2) is 64.7 Å². The summed E-state index contributed by atoms with van der Waals surface area (Å²) in [6.45, 7) is 6.48. The lowest BCUT2D eigenvalue weighted by molar-refractivity contribution is 0.0994. The number of fused-ring (bicyclic) bond motifs is 1. The van der Waals surface area contributed by atoms with Crippen molar-refractivity contribution in [3.05, 3.63) is 12.3 Å². The maximum atomic E-state index is 9.49. The van der Waals surface area contributed by atoms with Gasteiger partial charge in [-0.2, -0.15) is 4.98 Å². The molecule has 2 atom stereocenters. The van der Waals surface area contributed by atoms with E-state index in [1.54, 1.807) is 0 Å². The molecule has 2 unspecified atom stereocenters. The molecule has 2 aliphatic rings. The average Bonchev–Trinajstić information content (AvgIpc) is 3.21. The zero-order valence-corrected chi connectivity index (χ0v) is 16.2. The standard InChI is InChI=1S/C19H28N6O2/c1-12(26)5-4-8-24(3)18-17-15(6-7-20-17)21-19(22-18)25-10-14(11-25)16-9-13(2)27-23-16/h6-7,12-14,20,26H,4-5,8-11H2,1-3H3. The molecule has 0 aromatic carbocycles. The van der Waals surface area contributed by atoms with Crippen molar-refractivity contribution in [2.75, 3.05) is 36.5 Å². The molecule has 2 aromatic rings. The van der Waals surface area contributed by atoms with E-state index < -0.39 is 0 Å². The van der Waals surface area contributed by atoms with Crippen molar-refractivity contribution in [1.29, 1.82) is 0 Å². The third-order valence-corrected chi connectivity index (χ3v) is 5.33. The average molecular weight is 372 g/mol. The van der Waals surface area contributed by atoms with Gasteiger partial charge >= 0.3 is 0 Å². The Morgan fingerprint density at radius 3 is 2.93 bits per heavy atom. The van der Waals surface area contributed by atoms with Crippen LogP contribution in [0.25, 0.3) is 11.0 Å². The first-order valence-corrected chi connectivity index (χ1v) is 9.73. The number of anilines is 2. The number of aromatic amines is 1. The van der Waals surface area contributed by atoms with Crippen molar-refractivity contribution in [1.82, 2.24) is 15.0 Å². The largest absolute Gasteiger partial charge is 0.393 e. The van der Waals surface area contributed by atoms with Crippen LogP contribution in [-0.2, 0) is 4.84 Å². The second kappa shape index (κ2) is 7.34. The van der Waals surface area contributed by atoms with Gasteiger partial charge in [-0.3, -0.25) is 0 Å². The van der Waals surface area contributed by atoms with Crippen LogP contribution in [0, 0.1) is 5.92 Å². The van der Waals surface area contributed by atoms with Crippen LogP contribution >= 0.6 is 0 Å². The van der Waals surface area contributed by atoms with Gasteiger partial charge in [-0.05, 0) is 32.8 Å². The highest BCUT2D eigenvalue weighted by Crippen LogP contribution is 2.30. The number of aromatic nitrogens is 3. The Bertz CT molecular complexity index is 827. The molecule has 4 rings (SSSR count). The Labute approximate surface area is 159 Å². The lowest BCUT2D eigenvalue weighted by Gasteiger charge is -2.39. The van der Waals surface area contributed by atoms with Gasteiger partial charge < -0.3 is 24.7 Å². The Kier molecular flexibility index (Phi) is 4.90. The predicted octanol–water partition coefficient (Wildman–Crippen LogP) is 2.16. The van der Waals surface area contributed by atoms with Crippen molar-refractivity contribution in [3.8, 4) is 0 Å². The molecule has 0 radical (unpaired) electrons. The molecule has 27 heavy (non-hydrogen) atoms. The number of nitrogens with one attached hydrogen (secondary N) is 1. The summed E-state index contributed by atoms with van der Waals surface area (Å²) >= 11 is 0. The first-order chi connectivity index (χ1) is 13.0. The lowest BCUT2D eigenvalue weighted by Crippen LogP contribution is -2.51. The number of H-pyrrole nitrogens is 1. The fourth-order valence-corrected chi connectivity index (χ4v) is 3.68. The Morgan fingerprint density at radius 2 is 2.22 bits per heavy atom. The van der Waals surface area contributed by atoms with E-state index in [0.717, 1.165) is 67.4 Å². The molecule has 4 heterocycles. The van der Waals surface area contributed by atoms with E-state index in [9.17, 15) is 5.11 Å². The Hall–Kier alpha value is -2.35. The van der Waals surface area contributed by atoms with Crippen molar-refractivity contribution < 1.29 is 9.94 Å². The molecule has 2 N–H and O–H groups in total. The maximum Gasteiger partial charge on any atom is 0.228 e. The monoisotopic (exact) mass is 372 g/mol. The van der Waals surface area contributed by atoms with E-state index in [2.05, 4.69) is 26.9 Å². The van der Waals surface area contributed by atoms with Crippen LogP contribution in [0.2, 0.25) is 0 Å². The summed E-state index contributed by atoms with van der Waals surface area (Å²) in [4.78, 5) is 22.5. The van der Waals surface area contributed by atoms with Gasteiger partial charge in [0.05, 0.1) is 17.3 Å². The normalized spacial score (nSPS) is 21.1. The summed E-state index contributed by atoms with van der Waals surface area (Å²) in [6, 6.07) is 1.99. The van der Waals surface area contributed by atoms with E-state index in [1.165, 1.54) is 0 Å². The van der Waals surface area contributed by atoms with Gasteiger partial charge in [-0.15, -0.1) is 0 Å². The number of hydrogen-bond donors (Lipinski definition) is 2. The van der Waals surface area contributed by atoms with Gasteiger partial charge in [0.1, 0.15) is 11.6 Å². The highest BCUT2D eigenvalue weighted by Gasteiger charge is 2.36. The van der Waals surface area contributed by atoms with E-state index in [1.807, 2.05) is 26.2 Å². The van der Waals surface area contributed by atoms with Crippen LogP contribution in [0.3, 0.4) is 0 Å². The summed E-state index contributed by atoms with van der Waals surface area (Å²) in [5.74, 6) is 2.11. The smallest absolute Gasteiger partial charge is 0.228 e. The van der Waals surface area contributed by atoms with Gasteiger partial charge in [0.25, 0.3) is 0 Å². The van der Waals surface area contributed by atoms with Crippen LogP contribution in [0.4, 0.5) is 11.8 Å². The molecule has 8 heteroatoms. The van der Waals surface area contributed by atoms with Crippen molar-refractivity contribution in [2.45, 2.75) is 45.3 Å². The van der Waals surface area contributed by atoms with Crippen molar-refractivity contribution in [3.63, 3.8) is 0 Å². The summed E-state index contributed by atoms with van der Waals surface area (Å²) in [5.41, 5.74) is 3.05. The minimum atomic E-state index is -0.270. The third kappa shape index (κ3) is 3.71. The zero-order chi connectivity index (χ0) is 19.0. The molecule has 0 bridgehead atoms. The van der Waals surface area contributed by atoms with E-state index in [-0.39, 0.29) is 12.2 Å². The number of aliphatic hydroxyl groups excluding tert-OH is 1. The number of nitrogens with zero attached hydrogens (tertiary/aromatic N) is 5. The Morgan fingerprint density at radius 1 is 1.41 bits per heavy atom. The van der Waals surface area contributed by atoms with Crippen LogP contribution in [0.15, 0.2) is 17.4 Å². The number of aliphatic hydroxyl groups is 1. The predicted molar refractivity (Wildman–Crippen MR) is 106 cm³/mol. The molecule has 0 amide bonds. The molecule has 1 saturated heterocycles. The summed E-state index contributed by atoms with van der Waals surface area (Å²) in [5, 5.41) is 13.7. The van der Waals surface area contributed by atoms with Gasteiger partial charge in [0.2, 0.25) is 5.95 Å². The van der Waals surface area contributed by atoms with Crippen molar-refractivity contribution in [2.24, 2.45) is 11.1 Å². The van der Waals surface area contributed by atoms with Gasteiger partial charge in [-0.1, -0.05) is 5.16 Å². The molecular formula is C19H28N6O2. The maximum absolute atomic E-state index is 9.49. The fraction of sp³-hybridized carbons (Fsp3) is 0.632. The highest BCUT2D eigenvalue weighted by molar-refractivity contribution is 5.91. The first-order valence-electron chi connectivity index (χ1n) is 9.73. The second-order valence-electron chi connectivity index (χ2n) is 7.80. The second-order valence-corrected chi connectivity index (χ2v) is 7.80. The molecule has 8 nitrogen and oxygen atoms in total. The first kappa shape index (κ1) is 18.0. The fourth-order valence-electron chi connectivity index (χ4n) is 3.68. The van der Waals surface area contributed by atoms with Gasteiger partial charge in [-0.25, -0.2) is 4.98 Å². The number of oxime groups is 1. The number of hydrogen-bond acceptors (Lipinski definition) is 7. The molecule has 0 spiro atoms. The molecule has 146 valence electrons. The Balaban J connectivity index is 1.48. The van der Waals surface area contributed by atoms with Gasteiger partial charge in [0.15, 0.2) is 5.82 Å². The van der Waals surface area contributed by atoms with E-state index in [4.69, 9.17) is 14.8 Å². The topological polar surface area (TPSA) is 89.9 Å². The SMILES string of the molecule is CC(O)CCCN(C)c1nc(N2CC(C3=NOC(C)C3)C2)nc2cc[nH]c12. The minimum Gasteiger partial charge on any atom is -0.393 e. The van der Waals surface area contributed by atoms with Gasteiger partial charge in [0, 0.05) is 45.2 Å². The molecule has 2 aliphatic heterocycles. The van der Waals surface area contributed by atoms with E-state index in [0.29, 0.717) is 5.92 Å². The van der Waals surface area contributed by atoms with Crippen LogP contribution in [0.1, 0.15) is 33.1 Å². The summed E-state index contributed by atoms with van der Waals surface area (Å²) < 4.78 is 0. The van der Waals surface area contributed by atoms with Crippen LogP contribution in [0.5, 0.6) is 0 Å². The third-order valence-electron chi connectivity index (χ3n) is 5.33. The lowest BCUT2D eigenvalue weighted by atomic mass is 9.92. The molecule has 0 aliphatic carbocycles. The van der Waals surface area contributed by atoms with Crippen molar-refractivity contribution >= 4 is 28.5 Å². The minimum absolute atomic E-state index is 0.198. The number of rotatable bonds is 7. The van der Waals surface area contributed by atoms with Crippen LogP contribution < -0.4 is 9.80 Å². The molecular weight excluding hydrogens is 344 g/mol. The van der Waals surface area contributed by atoms with E-state index >= 15 is 0 Å². The quantitative estimate of drug-likeness (QED) is 0.774. The molecule has 2 aromatic heterocycles. The zero-order valence-electron chi connectivity index (χ0n) is 16.2. The summed E-state index contributed by atoms with van der Waals surface area (Å²) in [7, 11) is 2.04. The summed E-state index contributed by atoms with van der Waals surface area (Å²) in [6.07, 6.45) is 4.46. The highest BCUT2D eigenvalue weighted by atomic mass is 16.6. The molecule has 1 fully saturated rings.